The number of nitrogens with zero attached hydrogens (tertiary/aromatic N) is 1. The van der Waals surface area contributed by atoms with Gasteiger partial charge in [-0.05, 0) is 43.2 Å². The van der Waals surface area contributed by atoms with Gasteiger partial charge in [0, 0.05) is 11.4 Å². The molecule has 1 saturated carbocycles. The van der Waals surface area contributed by atoms with E-state index in [4.69, 9.17) is 5.11 Å². The minimum atomic E-state index is -0.917. The number of carboxylic acids is 1. The van der Waals surface area contributed by atoms with E-state index in [0.29, 0.717) is 5.25 Å². The molecular weight excluding hydrogens is 246 g/mol. The number of aromatic nitrogens is 1. The van der Waals surface area contributed by atoms with Crippen LogP contribution in [0.4, 0.5) is 0 Å². The fraction of sp³-hybridized carbons (Fsp3) is 0.571. The lowest BCUT2D eigenvalue weighted by Gasteiger charge is -2.31. The second-order valence-corrected chi connectivity index (χ2v) is 6.52. The van der Waals surface area contributed by atoms with Crippen LogP contribution < -0.4 is 0 Å². The fourth-order valence-electron chi connectivity index (χ4n) is 2.35. The van der Waals surface area contributed by atoms with Gasteiger partial charge in [-0.3, -0.25) is 0 Å². The van der Waals surface area contributed by atoms with Crippen molar-refractivity contribution >= 4 is 17.7 Å². The van der Waals surface area contributed by atoms with Crippen LogP contribution in [-0.2, 0) is 0 Å². The Hall–Kier alpha value is -1.03. The molecule has 3 nitrogen and oxygen atoms in total. The van der Waals surface area contributed by atoms with Crippen LogP contribution in [-0.4, -0.2) is 21.3 Å². The van der Waals surface area contributed by atoms with Gasteiger partial charge in [0.1, 0.15) is 0 Å². The highest BCUT2D eigenvalue weighted by Gasteiger charge is 2.25. The van der Waals surface area contributed by atoms with E-state index in [-0.39, 0.29) is 5.56 Å². The highest BCUT2D eigenvalue weighted by Crippen LogP contribution is 2.38. The predicted molar refractivity (Wildman–Crippen MR) is 73.0 cm³/mol. The minimum Gasteiger partial charge on any atom is -0.478 e. The van der Waals surface area contributed by atoms with Gasteiger partial charge >= 0.3 is 5.97 Å². The third kappa shape index (κ3) is 3.25. The van der Waals surface area contributed by atoms with Crippen LogP contribution in [0.1, 0.15) is 43.5 Å². The van der Waals surface area contributed by atoms with Crippen molar-refractivity contribution in [2.75, 3.05) is 0 Å². The van der Waals surface area contributed by atoms with Gasteiger partial charge in [-0.1, -0.05) is 13.8 Å². The van der Waals surface area contributed by atoms with Crippen molar-refractivity contribution in [1.82, 2.24) is 4.98 Å². The van der Waals surface area contributed by atoms with E-state index in [1.54, 1.807) is 17.8 Å². The van der Waals surface area contributed by atoms with Gasteiger partial charge in [0.25, 0.3) is 0 Å². The largest absolute Gasteiger partial charge is 0.478 e. The molecule has 1 aliphatic rings. The first-order valence-electron chi connectivity index (χ1n) is 6.42. The van der Waals surface area contributed by atoms with Crippen molar-refractivity contribution in [3.05, 3.63) is 23.9 Å². The zero-order chi connectivity index (χ0) is 13.1. The maximum absolute atomic E-state index is 10.7. The topological polar surface area (TPSA) is 50.2 Å². The van der Waals surface area contributed by atoms with E-state index < -0.39 is 5.97 Å². The molecule has 3 unspecified atom stereocenters. The molecule has 18 heavy (non-hydrogen) atoms. The number of rotatable bonds is 3. The Morgan fingerprint density at radius 1 is 1.33 bits per heavy atom. The smallest absolute Gasteiger partial charge is 0.337 e. The summed E-state index contributed by atoms with van der Waals surface area (Å²) in [5.74, 6) is 0.679. The predicted octanol–water partition coefficient (Wildman–Crippen LogP) is 3.70. The van der Waals surface area contributed by atoms with E-state index in [1.807, 2.05) is 6.07 Å². The number of thioether (sulfide) groups is 1. The summed E-state index contributed by atoms with van der Waals surface area (Å²) in [5.41, 5.74) is 0.255. The van der Waals surface area contributed by atoms with E-state index in [2.05, 4.69) is 18.8 Å². The van der Waals surface area contributed by atoms with Gasteiger partial charge in [-0.2, -0.15) is 0 Å². The first-order valence-corrected chi connectivity index (χ1v) is 7.30. The summed E-state index contributed by atoms with van der Waals surface area (Å²) < 4.78 is 0. The van der Waals surface area contributed by atoms with Crippen molar-refractivity contribution in [3.63, 3.8) is 0 Å². The first-order chi connectivity index (χ1) is 8.56. The zero-order valence-electron chi connectivity index (χ0n) is 10.8. The van der Waals surface area contributed by atoms with Crippen molar-refractivity contribution in [2.24, 2.45) is 11.8 Å². The van der Waals surface area contributed by atoms with Gasteiger partial charge in [0.15, 0.2) is 0 Å². The molecule has 0 spiro atoms. The van der Waals surface area contributed by atoms with Crippen LogP contribution in [0.2, 0.25) is 0 Å². The Morgan fingerprint density at radius 3 is 2.67 bits per heavy atom. The Balaban J connectivity index is 1.95. The number of pyridine rings is 1. The summed E-state index contributed by atoms with van der Waals surface area (Å²) in [7, 11) is 0. The summed E-state index contributed by atoms with van der Waals surface area (Å²) in [6.07, 6.45) is 5.19. The standard InChI is InChI=1S/C14H19NO2S/c1-9-3-5-12(7-10(9)2)18-13-6-4-11(8-15-13)14(16)17/h4,6,8-10,12H,3,5,7H2,1-2H3,(H,16,17). The van der Waals surface area contributed by atoms with Gasteiger partial charge in [-0.25, -0.2) is 9.78 Å². The van der Waals surface area contributed by atoms with Crippen LogP contribution in [0.25, 0.3) is 0 Å². The molecule has 2 rings (SSSR count). The lowest BCUT2D eigenvalue weighted by molar-refractivity contribution is 0.0696. The molecule has 1 heterocycles. The number of hydrogen-bond acceptors (Lipinski definition) is 3. The molecule has 0 bridgehead atoms. The first kappa shape index (κ1) is 13.4. The quantitative estimate of drug-likeness (QED) is 0.905. The Kier molecular flexibility index (Phi) is 4.27. The van der Waals surface area contributed by atoms with Crippen LogP contribution in [0.5, 0.6) is 0 Å². The average Bonchev–Trinajstić information content (AvgIpc) is 2.34. The molecule has 0 radical (unpaired) electrons. The van der Waals surface area contributed by atoms with E-state index >= 15 is 0 Å². The van der Waals surface area contributed by atoms with Crippen molar-refractivity contribution < 1.29 is 9.90 Å². The summed E-state index contributed by atoms with van der Waals surface area (Å²) in [6, 6.07) is 3.45. The maximum Gasteiger partial charge on any atom is 0.337 e. The van der Waals surface area contributed by atoms with Crippen molar-refractivity contribution in [2.45, 2.75) is 43.4 Å². The molecule has 4 heteroatoms. The third-order valence-electron chi connectivity index (χ3n) is 3.82. The zero-order valence-corrected chi connectivity index (χ0v) is 11.6. The second-order valence-electron chi connectivity index (χ2n) is 5.20. The van der Waals surface area contributed by atoms with E-state index in [0.717, 1.165) is 16.9 Å². The fourth-order valence-corrected chi connectivity index (χ4v) is 3.61. The SMILES string of the molecule is CC1CCC(Sc2ccc(C(=O)O)cn2)CC1C. The highest BCUT2D eigenvalue weighted by atomic mass is 32.2. The van der Waals surface area contributed by atoms with Crippen LogP contribution in [0, 0.1) is 11.8 Å². The molecule has 1 aromatic heterocycles. The van der Waals surface area contributed by atoms with Gasteiger partial charge < -0.3 is 5.11 Å². The Bertz CT molecular complexity index is 418. The highest BCUT2D eigenvalue weighted by molar-refractivity contribution is 7.99. The lowest BCUT2D eigenvalue weighted by Crippen LogP contribution is -2.22. The summed E-state index contributed by atoms with van der Waals surface area (Å²) in [5, 5.41) is 10.4. The number of hydrogen-bond donors (Lipinski definition) is 1. The molecule has 1 fully saturated rings. The molecule has 98 valence electrons. The van der Waals surface area contributed by atoms with Gasteiger partial charge in [0.05, 0.1) is 10.6 Å². The van der Waals surface area contributed by atoms with Gasteiger partial charge in [-0.15, -0.1) is 11.8 Å². The molecule has 1 aliphatic carbocycles. The van der Waals surface area contributed by atoms with Crippen LogP contribution in [0.15, 0.2) is 23.4 Å². The number of aromatic carboxylic acids is 1. The van der Waals surface area contributed by atoms with Gasteiger partial charge in [0.2, 0.25) is 0 Å². The molecule has 0 saturated heterocycles. The number of carbonyl (C=O) groups is 1. The van der Waals surface area contributed by atoms with Crippen molar-refractivity contribution in [3.8, 4) is 0 Å². The van der Waals surface area contributed by atoms with E-state index in [9.17, 15) is 4.79 Å². The molecule has 1 N–H and O–H groups in total. The average molecular weight is 265 g/mol. The molecular formula is C14H19NO2S. The Morgan fingerprint density at radius 2 is 2.11 bits per heavy atom. The normalized spacial score (nSPS) is 28.0. The minimum absolute atomic E-state index is 0.255. The second kappa shape index (κ2) is 5.74. The summed E-state index contributed by atoms with van der Waals surface area (Å²) in [4.78, 5) is 15.0. The molecule has 3 atom stereocenters. The third-order valence-corrected chi connectivity index (χ3v) is 5.07. The Labute approximate surface area is 112 Å². The molecule has 1 aromatic rings. The maximum atomic E-state index is 10.7. The monoisotopic (exact) mass is 265 g/mol. The van der Waals surface area contributed by atoms with Crippen molar-refractivity contribution in [1.29, 1.82) is 0 Å². The molecule has 0 aromatic carbocycles. The number of carboxylic acid groups (broad SMARTS) is 1. The lowest BCUT2D eigenvalue weighted by atomic mass is 9.81. The summed E-state index contributed by atoms with van der Waals surface area (Å²) >= 11 is 1.79. The van der Waals surface area contributed by atoms with Crippen LogP contribution in [0.3, 0.4) is 0 Å². The molecule has 0 aliphatic heterocycles. The van der Waals surface area contributed by atoms with E-state index in [1.165, 1.54) is 25.5 Å². The summed E-state index contributed by atoms with van der Waals surface area (Å²) in [6.45, 7) is 4.64. The van der Waals surface area contributed by atoms with Crippen LogP contribution >= 0.6 is 11.8 Å². The molecule has 0 amide bonds.